The van der Waals surface area contributed by atoms with Gasteiger partial charge < -0.3 is 14.2 Å². The Bertz CT molecular complexity index is 221. The second-order valence-corrected chi connectivity index (χ2v) is 3.79. The van der Waals surface area contributed by atoms with Crippen LogP contribution in [0.25, 0.3) is 0 Å². The Morgan fingerprint density at radius 1 is 0.941 bits per heavy atom. The van der Waals surface area contributed by atoms with Crippen molar-refractivity contribution in [2.75, 3.05) is 39.6 Å². The van der Waals surface area contributed by atoms with E-state index in [-0.39, 0.29) is 13.2 Å². The highest BCUT2D eigenvalue weighted by molar-refractivity contribution is 6.73. The van der Waals surface area contributed by atoms with Crippen LogP contribution in [0.5, 0.6) is 0 Å². The molecule has 17 heavy (non-hydrogen) atoms. The summed E-state index contributed by atoms with van der Waals surface area (Å²) in [6, 6.07) is 0. The minimum absolute atomic E-state index is 0.126. The summed E-state index contributed by atoms with van der Waals surface area (Å²) in [6.45, 7) is 4.04. The highest BCUT2D eigenvalue weighted by atomic mass is 35.5. The maximum absolute atomic E-state index is 10.8. The van der Waals surface area contributed by atoms with Crippen LogP contribution in [0.4, 0.5) is 0 Å². The van der Waals surface area contributed by atoms with Gasteiger partial charge in [-0.25, -0.2) is 0 Å². The van der Waals surface area contributed by atoms with E-state index in [2.05, 4.69) is 0 Å². The first-order valence-corrected chi connectivity index (χ1v) is 5.97. The van der Waals surface area contributed by atoms with Gasteiger partial charge in [0, 0.05) is 6.61 Å². The molecule has 0 unspecified atom stereocenters. The van der Waals surface area contributed by atoms with Crippen LogP contribution in [0.2, 0.25) is 0 Å². The lowest BCUT2D eigenvalue weighted by Gasteiger charge is -2.09. The third kappa shape index (κ3) is 9.50. The van der Waals surface area contributed by atoms with Crippen LogP contribution in [-0.4, -0.2) is 50.1 Å². The molecule has 7 heteroatoms. The van der Waals surface area contributed by atoms with Crippen molar-refractivity contribution < 1.29 is 23.8 Å². The normalized spacial score (nSPS) is 10.8. The molecular weight excluding hydrogens is 271 g/mol. The Morgan fingerprint density at radius 3 is 1.88 bits per heavy atom. The molecule has 0 radical (unpaired) electrons. The molecule has 0 aromatic heterocycles. The van der Waals surface area contributed by atoms with Crippen molar-refractivity contribution in [2.24, 2.45) is 5.92 Å². The monoisotopic (exact) mass is 286 g/mol. The van der Waals surface area contributed by atoms with Crippen molar-refractivity contribution in [2.45, 2.75) is 6.92 Å². The van der Waals surface area contributed by atoms with Gasteiger partial charge in [-0.2, -0.15) is 0 Å². The summed E-state index contributed by atoms with van der Waals surface area (Å²) < 4.78 is 15.3. The first-order valence-electron chi connectivity index (χ1n) is 5.21. The fourth-order valence-electron chi connectivity index (χ4n) is 0.904. The molecule has 0 fully saturated rings. The Balaban J connectivity index is 3.43. The lowest BCUT2D eigenvalue weighted by Crippen LogP contribution is -2.23. The summed E-state index contributed by atoms with van der Waals surface area (Å²) in [4.78, 5) is 21.5. The zero-order valence-corrected chi connectivity index (χ0v) is 11.1. The van der Waals surface area contributed by atoms with Gasteiger partial charge in [-0.3, -0.25) is 9.59 Å². The average Bonchev–Trinajstić information content (AvgIpc) is 2.26. The molecule has 5 nitrogen and oxygen atoms in total. The second-order valence-electron chi connectivity index (χ2n) is 3.05. The zero-order chi connectivity index (χ0) is 13.1. The van der Waals surface area contributed by atoms with E-state index in [4.69, 9.17) is 37.4 Å². The van der Waals surface area contributed by atoms with E-state index in [0.29, 0.717) is 26.4 Å². The molecule has 0 atom stereocenters. The minimum atomic E-state index is -1.11. The van der Waals surface area contributed by atoms with Crippen LogP contribution < -0.4 is 0 Å². The van der Waals surface area contributed by atoms with Gasteiger partial charge >= 0.3 is 0 Å². The smallest absolute Gasteiger partial charge is 0.235 e. The van der Waals surface area contributed by atoms with Crippen LogP contribution in [0, 0.1) is 5.92 Å². The Morgan fingerprint density at radius 2 is 1.41 bits per heavy atom. The van der Waals surface area contributed by atoms with E-state index in [9.17, 15) is 9.59 Å². The summed E-state index contributed by atoms with van der Waals surface area (Å²) in [7, 11) is 0. The van der Waals surface area contributed by atoms with Gasteiger partial charge in [-0.1, -0.05) is 0 Å². The lowest BCUT2D eigenvalue weighted by atomic mass is 10.2. The van der Waals surface area contributed by atoms with Gasteiger partial charge in [0.2, 0.25) is 10.5 Å². The third-order valence-corrected chi connectivity index (χ3v) is 2.31. The fraction of sp³-hybridized carbons (Fsp3) is 0.800. The Hall–Kier alpha value is -0.200. The number of carbonyl (C=O) groups is 2. The third-order valence-electron chi connectivity index (χ3n) is 1.78. The van der Waals surface area contributed by atoms with Crippen molar-refractivity contribution in [3.05, 3.63) is 0 Å². The summed E-state index contributed by atoms with van der Waals surface area (Å²) in [5.74, 6) is -1.11. The molecule has 0 aliphatic rings. The van der Waals surface area contributed by atoms with Gasteiger partial charge in [0.1, 0.15) is 5.92 Å². The van der Waals surface area contributed by atoms with Crippen LogP contribution >= 0.6 is 23.2 Å². The minimum Gasteiger partial charge on any atom is -0.379 e. The highest BCUT2D eigenvalue weighted by Gasteiger charge is 2.23. The largest absolute Gasteiger partial charge is 0.379 e. The summed E-state index contributed by atoms with van der Waals surface area (Å²) in [5, 5.41) is -1.63. The van der Waals surface area contributed by atoms with E-state index in [1.54, 1.807) is 0 Å². The van der Waals surface area contributed by atoms with Gasteiger partial charge in [0.05, 0.1) is 33.0 Å². The predicted molar refractivity (Wildman–Crippen MR) is 63.3 cm³/mol. The number of rotatable bonds is 11. The van der Waals surface area contributed by atoms with Crippen molar-refractivity contribution in [1.82, 2.24) is 0 Å². The van der Waals surface area contributed by atoms with E-state index >= 15 is 0 Å². The average molecular weight is 287 g/mol. The van der Waals surface area contributed by atoms with Gasteiger partial charge in [0.15, 0.2) is 0 Å². The molecule has 0 aliphatic heterocycles. The first-order chi connectivity index (χ1) is 8.09. The SMILES string of the molecule is CCOCCOCCOCC(C(=O)Cl)C(=O)Cl. The molecule has 0 rings (SSSR count). The standard InChI is InChI=1S/C10H16Cl2O5/c1-2-15-3-4-16-5-6-17-7-8(9(11)13)10(12)14/h8H,2-7H2,1H3. The van der Waals surface area contributed by atoms with Crippen molar-refractivity contribution in [3.8, 4) is 0 Å². The summed E-state index contributed by atoms with van der Waals surface area (Å²) in [5.41, 5.74) is 0. The van der Waals surface area contributed by atoms with E-state index in [1.165, 1.54) is 0 Å². The Labute approximate surface area is 110 Å². The molecule has 0 amide bonds. The molecule has 0 saturated carbocycles. The number of hydrogen-bond acceptors (Lipinski definition) is 5. The zero-order valence-electron chi connectivity index (χ0n) is 9.62. The van der Waals surface area contributed by atoms with Gasteiger partial charge in [0.25, 0.3) is 0 Å². The van der Waals surface area contributed by atoms with Gasteiger partial charge in [-0.15, -0.1) is 0 Å². The van der Waals surface area contributed by atoms with Crippen molar-refractivity contribution in [1.29, 1.82) is 0 Å². The molecule has 0 bridgehead atoms. The molecule has 0 heterocycles. The molecular formula is C10H16Cl2O5. The molecule has 100 valence electrons. The topological polar surface area (TPSA) is 61.8 Å². The maximum atomic E-state index is 10.8. The Kier molecular flexibility index (Phi) is 10.8. The number of hydrogen-bond donors (Lipinski definition) is 0. The quantitative estimate of drug-likeness (QED) is 0.325. The van der Waals surface area contributed by atoms with Gasteiger partial charge in [-0.05, 0) is 30.1 Å². The number of halogens is 2. The van der Waals surface area contributed by atoms with E-state index in [0.717, 1.165) is 0 Å². The number of ether oxygens (including phenoxy) is 3. The lowest BCUT2D eigenvalue weighted by molar-refractivity contribution is -0.126. The number of carbonyl (C=O) groups excluding carboxylic acids is 2. The van der Waals surface area contributed by atoms with Crippen molar-refractivity contribution >= 4 is 33.7 Å². The molecule has 0 aromatic carbocycles. The highest BCUT2D eigenvalue weighted by Crippen LogP contribution is 2.07. The van der Waals surface area contributed by atoms with Crippen LogP contribution in [0.15, 0.2) is 0 Å². The molecule has 0 aliphatic carbocycles. The van der Waals surface area contributed by atoms with Crippen LogP contribution in [0.3, 0.4) is 0 Å². The predicted octanol–water partition coefficient (Wildman–Crippen LogP) is 1.20. The maximum Gasteiger partial charge on any atom is 0.235 e. The van der Waals surface area contributed by atoms with Crippen LogP contribution in [0.1, 0.15) is 6.92 Å². The molecule has 0 aromatic rings. The molecule has 0 spiro atoms. The summed E-state index contributed by atoms with van der Waals surface area (Å²) in [6.07, 6.45) is 0. The summed E-state index contributed by atoms with van der Waals surface area (Å²) >= 11 is 10.3. The fourth-order valence-corrected chi connectivity index (χ4v) is 1.28. The molecule has 0 saturated heterocycles. The van der Waals surface area contributed by atoms with Crippen LogP contribution in [-0.2, 0) is 23.8 Å². The van der Waals surface area contributed by atoms with E-state index < -0.39 is 16.4 Å². The molecule has 0 N–H and O–H groups in total. The second kappa shape index (κ2) is 10.9. The first kappa shape index (κ1) is 16.8. The van der Waals surface area contributed by atoms with E-state index in [1.807, 2.05) is 6.92 Å². The van der Waals surface area contributed by atoms with Crippen molar-refractivity contribution in [3.63, 3.8) is 0 Å².